The number of anilines is 3. The van der Waals surface area contributed by atoms with Crippen molar-refractivity contribution in [2.24, 2.45) is 5.41 Å². The van der Waals surface area contributed by atoms with E-state index in [1.54, 1.807) is 33.6 Å². The van der Waals surface area contributed by atoms with Crippen molar-refractivity contribution in [1.29, 1.82) is 0 Å². The van der Waals surface area contributed by atoms with Crippen molar-refractivity contribution in [3.05, 3.63) is 89.8 Å². The lowest BCUT2D eigenvalue weighted by molar-refractivity contribution is -0.119. The van der Waals surface area contributed by atoms with Gasteiger partial charge in [0.05, 0.1) is 62.7 Å². The lowest BCUT2D eigenvalue weighted by Crippen LogP contribution is -2.40. The Morgan fingerprint density at radius 2 is 1.66 bits per heavy atom. The molecule has 0 saturated heterocycles. The van der Waals surface area contributed by atoms with Crippen LogP contribution >= 0.6 is 0 Å². The monoisotopic (exact) mass is 592 g/mol. The Labute approximate surface area is 256 Å². The number of Topliss-reactive ketones (excluding diaryl/α,β-unsaturated/α-hetero) is 1. The number of aromatic nitrogens is 1. The zero-order valence-electron chi connectivity index (χ0n) is 25.6. The van der Waals surface area contributed by atoms with Gasteiger partial charge in [-0.3, -0.25) is 14.6 Å². The van der Waals surface area contributed by atoms with Crippen LogP contribution in [0.15, 0.2) is 84.2 Å². The van der Waals surface area contributed by atoms with Crippen molar-refractivity contribution in [2.75, 3.05) is 43.4 Å². The second-order valence-electron chi connectivity index (χ2n) is 11.9. The summed E-state index contributed by atoms with van der Waals surface area (Å²) in [5.74, 6) is 1.27. The Kier molecular flexibility index (Phi) is 7.63. The number of rotatable bonds is 7. The first-order valence-electron chi connectivity index (χ1n) is 14.5. The van der Waals surface area contributed by atoms with Crippen molar-refractivity contribution in [2.45, 2.75) is 32.7 Å². The predicted octanol–water partition coefficient (Wildman–Crippen LogP) is 6.52. The molecule has 1 aliphatic carbocycles. The molecule has 6 rings (SSSR count). The average molecular weight is 593 g/mol. The first-order chi connectivity index (χ1) is 21.2. The number of ketones is 1. The molecule has 2 heterocycles. The van der Waals surface area contributed by atoms with Gasteiger partial charge in [0.25, 0.3) is 0 Å². The van der Waals surface area contributed by atoms with Crippen LogP contribution in [-0.4, -0.2) is 44.5 Å². The Balaban J connectivity index is 1.51. The van der Waals surface area contributed by atoms with Gasteiger partial charge in [0.2, 0.25) is 5.91 Å². The first kappa shape index (κ1) is 29.0. The number of carbonyl (C=O) groups excluding carboxylic acids is 2. The maximum Gasteiger partial charge on any atom is 0.243 e. The van der Waals surface area contributed by atoms with Gasteiger partial charge in [-0.25, -0.2) is 0 Å². The molecular weight excluding hydrogens is 556 g/mol. The van der Waals surface area contributed by atoms with Crippen LogP contribution in [0, 0.1) is 5.41 Å². The van der Waals surface area contributed by atoms with E-state index in [0.29, 0.717) is 46.9 Å². The Hall–Kier alpha value is -5.05. The van der Waals surface area contributed by atoms with Crippen LogP contribution in [0.1, 0.15) is 38.3 Å². The van der Waals surface area contributed by atoms with Crippen molar-refractivity contribution in [3.63, 3.8) is 0 Å². The number of methoxy groups -OCH3 is 3. The van der Waals surface area contributed by atoms with Crippen LogP contribution in [0.5, 0.6) is 17.2 Å². The molecule has 2 aliphatic rings. The first-order valence-corrected chi connectivity index (χ1v) is 14.5. The second-order valence-corrected chi connectivity index (χ2v) is 11.9. The number of hydrogen-bond donors (Lipinski definition) is 2. The number of nitrogens with zero attached hydrogens (tertiary/aromatic N) is 2. The summed E-state index contributed by atoms with van der Waals surface area (Å²) in [5, 5.41) is 7.54. The smallest absolute Gasteiger partial charge is 0.243 e. The highest BCUT2D eigenvalue weighted by molar-refractivity contribution is 6.03. The molecule has 9 heteroatoms. The van der Waals surface area contributed by atoms with E-state index in [9.17, 15) is 9.59 Å². The number of carbonyl (C=O) groups is 2. The van der Waals surface area contributed by atoms with E-state index in [2.05, 4.69) is 29.5 Å². The molecule has 226 valence electrons. The summed E-state index contributed by atoms with van der Waals surface area (Å²) in [6, 6.07) is 20.4. The largest absolute Gasteiger partial charge is 0.496 e. The lowest BCUT2D eigenvalue weighted by Gasteiger charge is -2.38. The maximum absolute atomic E-state index is 14.1. The normalized spacial score (nSPS) is 17.2. The van der Waals surface area contributed by atoms with Gasteiger partial charge in [-0.1, -0.05) is 44.2 Å². The number of amides is 1. The van der Waals surface area contributed by atoms with E-state index >= 15 is 0 Å². The molecule has 0 spiro atoms. The SMILES string of the molecule is COc1cc(OC)c(C2C3=C(CC(C)(C)CC3=O)Nc3ccccc3N2CC(=O)Nc2cnc3ccccc3c2)cc1OC. The van der Waals surface area contributed by atoms with Crippen molar-refractivity contribution >= 4 is 39.7 Å². The molecule has 3 aromatic carbocycles. The lowest BCUT2D eigenvalue weighted by atomic mass is 9.73. The standard InChI is InChI=1S/C35H36N4O5/c1-35(2)17-26-33(28(40)18-35)34(23-15-30(43-4)31(44-5)16-29(23)42-3)39(27-13-9-8-12-25(27)38-26)20-32(41)37-22-14-21-10-6-7-11-24(21)36-19-22/h6-16,19,34,38H,17-18,20H2,1-5H3,(H,37,41). The number of benzene rings is 3. The highest BCUT2D eigenvalue weighted by atomic mass is 16.5. The molecular formula is C35H36N4O5. The minimum absolute atomic E-state index is 0.0162. The molecule has 1 aromatic heterocycles. The van der Waals surface area contributed by atoms with Gasteiger partial charge in [-0.15, -0.1) is 0 Å². The van der Waals surface area contributed by atoms with Crippen molar-refractivity contribution in [3.8, 4) is 17.2 Å². The maximum atomic E-state index is 14.1. The minimum atomic E-state index is -0.667. The number of hydrogen-bond acceptors (Lipinski definition) is 8. The van der Waals surface area contributed by atoms with Gasteiger partial charge >= 0.3 is 0 Å². The second kappa shape index (κ2) is 11.6. The Bertz CT molecular complexity index is 1800. The van der Waals surface area contributed by atoms with Crippen LogP contribution in [0.25, 0.3) is 10.9 Å². The summed E-state index contributed by atoms with van der Waals surface area (Å²) in [6.07, 6.45) is 2.69. The molecule has 1 aliphatic heterocycles. The summed E-state index contributed by atoms with van der Waals surface area (Å²) in [6.45, 7) is 4.14. The van der Waals surface area contributed by atoms with E-state index in [4.69, 9.17) is 14.2 Å². The van der Waals surface area contributed by atoms with Crippen LogP contribution in [0.2, 0.25) is 0 Å². The van der Waals surface area contributed by atoms with E-state index < -0.39 is 6.04 Å². The van der Waals surface area contributed by atoms with E-state index in [1.807, 2.05) is 65.6 Å². The van der Waals surface area contributed by atoms with E-state index in [-0.39, 0.29) is 23.7 Å². The number of fused-ring (bicyclic) bond motifs is 2. The fourth-order valence-corrected chi connectivity index (χ4v) is 6.31. The van der Waals surface area contributed by atoms with Gasteiger partial charge < -0.3 is 29.7 Å². The number of pyridine rings is 1. The third-order valence-corrected chi connectivity index (χ3v) is 8.22. The molecule has 1 atom stereocenters. The third kappa shape index (κ3) is 5.41. The fraction of sp³-hybridized carbons (Fsp3) is 0.286. The molecule has 0 fully saturated rings. The van der Waals surface area contributed by atoms with Gasteiger partial charge in [0.1, 0.15) is 5.75 Å². The quantitative estimate of drug-likeness (QED) is 0.250. The zero-order chi connectivity index (χ0) is 31.0. The summed E-state index contributed by atoms with van der Waals surface area (Å²) in [4.78, 5) is 34.5. The fourth-order valence-electron chi connectivity index (χ4n) is 6.31. The Morgan fingerprint density at radius 3 is 2.43 bits per heavy atom. The van der Waals surface area contributed by atoms with E-state index in [1.165, 1.54) is 0 Å². The van der Waals surface area contributed by atoms with Crippen LogP contribution in [-0.2, 0) is 9.59 Å². The molecule has 1 amide bonds. The molecule has 9 nitrogen and oxygen atoms in total. The third-order valence-electron chi connectivity index (χ3n) is 8.22. The highest BCUT2D eigenvalue weighted by Crippen LogP contribution is 2.51. The van der Waals surface area contributed by atoms with Crippen molar-refractivity contribution < 1.29 is 23.8 Å². The van der Waals surface area contributed by atoms with Gasteiger partial charge in [-0.2, -0.15) is 0 Å². The van der Waals surface area contributed by atoms with Gasteiger partial charge in [0, 0.05) is 34.7 Å². The molecule has 2 N–H and O–H groups in total. The van der Waals surface area contributed by atoms with Gasteiger partial charge in [-0.05, 0) is 42.2 Å². The van der Waals surface area contributed by atoms with Crippen LogP contribution in [0.3, 0.4) is 0 Å². The number of para-hydroxylation sites is 3. The average Bonchev–Trinajstić information content (AvgIpc) is 3.13. The predicted molar refractivity (Wildman–Crippen MR) is 172 cm³/mol. The number of allylic oxidation sites excluding steroid dienone is 1. The van der Waals surface area contributed by atoms with E-state index in [0.717, 1.165) is 28.0 Å². The summed E-state index contributed by atoms with van der Waals surface area (Å²) >= 11 is 0. The molecule has 44 heavy (non-hydrogen) atoms. The highest BCUT2D eigenvalue weighted by Gasteiger charge is 2.43. The molecule has 0 saturated carbocycles. The minimum Gasteiger partial charge on any atom is -0.496 e. The number of nitrogens with one attached hydrogen (secondary N) is 2. The summed E-state index contributed by atoms with van der Waals surface area (Å²) in [5.41, 5.74) is 4.91. The van der Waals surface area contributed by atoms with Crippen molar-refractivity contribution in [1.82, 2.24) is 4.98 Å². The van der Waals surface area contributed by atoms with Crippen LogP contribution < -0.4 is 29.7 Å². The molecule has 1 unspecified atom stereocenters. The van der Waals surface area contributed by atoms with Crippen LogP contribution in [0.4, 0.5) is 17.1 Å². The number of ether oxygens (including phenoxy) is 3. The molecule has 0 bridgehead atoms. The topological polar surface area (TPSA) is 102 Å². The summed E-state index contributed by atoms with van der Waals surface area (Å²) in [7, 11) is 4.72. The van der Waals surface area contributed by atoms with Gasteiger partial charge in [0.15, 0.2) is 17.3 Å². The molecule has 0 radical (unpaired) electrons. The summed E-state index contributed by atoms with van der Waals surface area (Å²) < 4.78 is 17.1. The zero-order valence-corrected chi connectivity index (χ0v) is 25.6. The Morgan fingerprint density at radius 1 is 0.955 bits per heavy atom. The molecule has 4 aromatic rings.